The molecule has 6 atom stereocenters. The number of carbonyl (C=O) groups is 6. The van der Waals surface area contributed by atoms with E-state index in [1.807, 2.05) is 0 Å². The summed E-state index contributed by atoms with van der Waals surface area (Å²) in [6.45, 7) is 3.58. The van der Waals surface area contributed by atoms with Crippen LogP contribution in [-0.2, 0) is 30.3 Å². The largest absolute Gasteiger partial charge is 0.505 e. The molecule has 2 saturated carbocycles. The summed E-state index contributed by atoms with van der Waals surface area (Å²) >= 11 is 0. The van der Waals surface area contributed by atoms with Crippen molar-refractivity contribution >= 4 is 46.5 Å². The Hall–Kier alpha value is -4.10. The molecule has 0 saturated heterocycles. The monoisotopic (exact) mass is 570 g/mol. The number of phenolic OH excluding ortho intramolecular Hbond substituents is 1. The fraction of sp³-hybridized carbons (Fsp3) is 0.500. The second kappa shape index (κ2) is 10.7. The number of amides is 2. The number of rotatable bonds is 7. The SMILES string of the molecule is C=CCCOC(=O)Nc1cc(N(C)C)c2c(c1O)C(=O)C1C(=O)[C@@]3(O)C(=O)C(C(N)=O)C(=O)[C@H](N(C)C)[C@H]3C[C@H]1C2. The van der Waals surface area contributed by atoms with Gasteiger partial charge in [-0.25, -0.2) is 4.79 Å². The number of ether oxygens (including phenoxy) is 1. The zero-order valence-corrected chi connectivity index (χ0v) is 23.3. The Balaban J connectivity index is 1.82. The third-order valence-corrected chi connectivity index (χ3v) is 8.31. The van der Waals surface area contributed by atoms with Gasteiger partial charge >= 0.3 is 6.09 Å². The van der Waals surface area contributed by atoms with Crippen LogP contribution in [0.3, 0.4) is 0 Å². The lowest BCUT2D eigenvalue weighted by Gasteiger charge is -2.52. The Bertz CT molecular complexity index is 1370. The minimum Gasteiger partial charge on any atom is -0.505 e. The molecule has 220 valence electrons. The number of benzene rings is 1. The number of primary amides is 1. The summed E-state index contributed by atoms with van der Waals surface area (Å²) in [7, 11) is 6.44. The van der Waals surface area contributed by atoms with Crippen LogP contribution in [0.1, 0.15) is 28.8 Å². The molecule has 0 aliphatic heterocycles. The summed E-state index contributed by atoms with van der Waals surface area (Å²) in [5.41, 5.74) is 3.05. The highest BCUT2D eigenvalue weighted by atomic mass is 16.5. The van der Waals surface area contributed by atoms with Gasteiger partial charge in [-0.2, -0.15) is 0 Å². The number of aromatic hydroxyl groups is 1. The molecular weight excluding hydrogens is 536 g/mol. The fourth-order valence-electron chi connectivity index (χ4n) is 6.53. The lowest BCUT2D eigenvalue weighted by molar-refractivity contribution is -0.181. The van der Waals surface area contributed by atoms with E-state index in [-0.39, 0.29) is 30.7 Å². The Morgan fingerprint density at radius 2 is 1.85 bits per heavy atom. The van der Waals surface area contributed by atoms with Crippen molar-refractivity contribution in [2.75, 3.05) is 45.0 Å². The van der Waals surface area contributed by atoms with Gasteiger partial charge in [0, 0.05) is 25.7 Å². The number of aliphatic hydroxyl groups is 1. The van der Waals surface area contributed by atoms with E-state index >= 15 is 0 Å². The lowest BCUT2D eigenvalue weighted by atomic mass is 9.52. The summed E-state index contributed by atoms with van der Waals surface area (Å²) in [6, 6.07) is 0.294. The van der Waals surface area contributed by atoms with Gasteiger partial charge in [0.05, 0.1) is 29.8 Å². The molecule has 3 aliphatic rings. The minimum atomic E-state index is -2.82. The van der Waals surface area contributed by atoms with Gasteiger partial charge in [0.1, 0.15) is 5.75 Å². The number of carbonyl (C=O) groups excluding carboxylic acids is 6. The third kappa shape index (κ3) is 4.58. The predicted molar refractivity (Wildman–Crippen MR) is 145 cm³/mol. The quantitative estimate of drug-likeness (QED) is 0.150. The van der Waals surface area contributed by atoms with Crippen LogP contribution in [0, 0.1) is 23.7 Å². The number of ketones is 4. The molecular formula is C28H34N4O9. The van der Waals surface area contributed by atoms with Gasteiger partial charge in [-0.3, -0.25) is 34.2 Å². The average molecular weight is 571 g/mol. The Morgan fingerprint density at radius 1 is 1.20 bits per heavy atom. The first kappa shape index (κ1) is 29.9. The van der Waals surface area contributed by atoms with Crippen LogP contribution in [0.4, 0.5) is 16.2 Å². The van der Waals surface area contributed by atoms with Crippen molar-refractivity contribution in [2.45, 2.75) is 30.9 Å². The van der Waals surface area contributed by atoms with Crippen molar-refractivity contribution in [1.82, 2.24) is 4.90 Å². The zero-order chi connectivity index (χ0) is 30.5. The minimum absolute atomic E-state index is 0.0370. The number of nitrogens with two attached hydrogens (primary N) is 1. The van der Waals surface area contributed by atoms with Crippen molar-refractivity contribution in [3.63, 3.8) is 0 Å². The van der Waals surface area contributed by atoms with Gasteiger partial charge in [0.2, 0.25) is 5.91 Å². The smallest absolute Gasteiger partial charge is 0.411 e. The maximum Gasteiger partial charge on any atom is 0.411 e. The fourth-order valence-corrected chi connectivity index (χ4v) is 6.53. The molecule has 0 radical (unpaired) electrons. The van der Waals surface area contributed by atoms with Crippen LogP contribution in [0.5, 0.6) is 5.75 Å². The Labute approximate surface area is 236 Å². The van der Waals surface area contributed by atoms with Crippen LogP contribution in [0.15, 0.2) is 18.7 Å². The van der Waals surface area contributed by atoms with Crippen LogP contribution in [-0.4, -0.2) is 96.7 Å². The number of hydrogen-bond acceptors (Lipinski definition) is 11. The van der Waals surface area contributed by atoms with Gasteiger partial charge in [-0.1, -0.05) is 6.08 Å². The third-order valence-electron chi connectivity index (χ3n) is 8.31. The number of Topliss-reactive ketones (excluding diaryl/α,β-unsaturated/α-hetero) is 4. The van der Waals surface area contributed by atoms with Crippen molar-refractivity contribution < 1.29 is 43.7 Å². The molecule has 0 aromatic heterocycles. The van der Waals surface area contributed by atoms with E-state index in [1.54, 1.807) is 25.1 Å². The standard InChI is InChI=1S/C28H34N4O9/c1-6-7-8-41-27(39)30-15-11-16(31(2)3)13-9-12-10-14-20(32(4)5)23(35)19(26(29)38)25(37)28(14,40)24(36)17(12)22(34)18(13)21(15)33/h6,11-12,14,17,19-20,33,40H,1,7-10H2,2-5H3,(H2,29,38)(H,30,39)/t12-,14-,17?,19?,20-,28-/m1/s1. The molecule has 3 aliphatic carbocycles. The van der Waals surface area contributed by atoms with E-state index in [2.05, 4.69) is 11.9 Å². The van der Waals surface area contributed by atoms with E-state index in [0.717, 1.165) is 0 Å². The molecule has 1 aromatic rings. The number of likely N-dealkylation sites (N-methyl/N-ethyl adjacent to an activating group) is 1. The van der Waals surface area contributed by atoms with E-state index in [1.165, 1.54) is 25.1 Å². The van der Waals surface area contributed by atoms with E-state index in [9.17, 15) is 39.0 Å². The maximum atomic E-state index is 14.0. The van der Waals surface area contributed by atoms with Crippen molar-refractivity contribution in [2.24, 2.45) is 29.4 Å². The first-order valence-corrected chi connectivity index (χ1v) is 13.1. The Kier molecular flexibility index (Phi) is 7.80. The number of anilines is 2. The Morgan fingerprint density at radius 3 is 2.41 bits per heavy atom. The normalized spacial score (nSPS) is 28.9. The summed E-state index contributed by atoms with van der Waals surface area (Å²) < 4.78 is 5.04. The van der Waals surface area contributed by atoms with Crippen molar-refractivity contribution in [3.8, 4) is 5.75 Å². The van der Waals surface area contributed by atoms with E-state index in [4.69, 9.17) is 10.5 Å². The van der Waals surface area contributed by atoms with Crippen LogP contribution in [0.2, 0.25) is 0 Å². The van der Waals surface area contributed by atoms with Crippen LogP contribution >= 0.6 is 0 Å². The van der Waals surface area contributed by atoms with Gasteiger partial charge in [0.25, 0.3) is 0 Å². The van der Waals surface area contributed by atoms with Gasteiger partial charge < -0.3 is 25.6 Å². The number of fused-ring (bicyclic) bond motifs is 3. The molecule has 0 bridgehead atoms. The first-order chi connectivity index (χ1) is 19.2. The van der Waals surface area contributed by atoms with Gasteiger partial charge in [0.15, 0.2) is 34.7 Å². The summed E-state index contributed by atoms with van der Waals surface area (Å²) in [5.74, 6) is -11.6. The van der Waals surface area contributed by atoms with E-state index in [0.29, 0.717) is 17.7 Å². The number of nitrogens with one attached hydrogen (secondary N) is 1. The predicted octanol–water partition coefficient (Wildman–Crippen LogP) is 0.0576. The van der Waals surface area contributed by atoms with Crippen molar-refractivity contribution in [3.05, 3.63) is 29.8 Å². The molecule has 2 unspecified atom stereocenters. The molecule has 41 heavy (non-hydrogen) atoms. The first-order valence-electron chi connectivity index (χ1n) is 13.1. The average Bonchev–Trinajstić information content (AvgIpc) is 2.87. The van der Waals surface area contributed by atoms with Gasteiger partial charge in [-0.15, -0.1) is 6.58 Å². The molecule has 2 amide bonds. The van der Waals surface area contributed by atoms with Crippen molar-refractivity contribution in [1.29, 1.82) is 0 Å². The molecule has 5 N–H and O–H groups in total. The molecule has 13 nitrogen and oxygen atoms in total. The molecule has 13 heteroatoms. The maximum absolute atomic E-state index is 14.0. The molecule has 1 aromatic carbocycles. The van der Waals surface area contributed by atoms with E-state index < -0.39 is 76.2 Å². The topological polar surface area (TPSA) is 197 Å². The molecule has 4 rings (SSSR count). The van der Waals surface area contributed by atoms with Crippen LogP contribution in [0.25, 0.3) is 0 Å². The summed E-state index contributed by atoms with van der Waals surface area (Å²) in [4.78, 5) is 82.1. The second-order valence-electron chi connectivity index (χ2n) is 11.2. The number of nitrogens with zero attached hydrogens (tertiary/aromatic N) is 2. The molecule has 0 spiro atoms. The van der Waals surface area contributed by atoms with Gasteiger partial charge in [-0.05, 0) is 50.9 Å². The number of phenols is 1. The molecule has 2 fully saturated rings. The van der Waals surface area contributed by atoms with Crippen LogP contribution < -0.4 is 16.0 Å². The zero-order valence-electron chi connectivity index (χ0n) is 23.3. The highest BCUT2D eigenvalue weighted by Gasteiger charge is 2.69. The second-order valence-corrected chi connectivity index (χ2v) is 11.2. The summed E-state index contributed by atoms with van der Waals surface area (Å²) in [6.07, 6.45) is 1.10. The molecule has 0 heterocycles. The number of hydrogen-bond donors (Lipinski definition) is 4. The highest BCUT2D eigenvalue weighted by Crippen LogP contribution is 2.52. The lowest BCUT2D eigenvalue weighted by Crippen LogP contribution is -2.74. The summed E-state index contributed by atoms with van der Waals surface area (Å²) in [5, 5.41) is 25.2. The highest BCUT2D eigenvalue weighted by molar-refractivity contribution is 6.32.